The summed E-state index contributed by atoms with van der Waals surface area (Å²) in [5.74, 6) is 0. The van der Waals surface area contributed by atoms with E-state index in [1.54, 1.807) is 13.8 Å². The summed E-state index contributed by atoms with van der Waals surface area (Å²) in [6.07, 6.45) is 1.72. The number of rotatable bonds is 4. The molecule has 2 fully saturated rings. The Labute approximate surface area is 146 Å². The molecule has 1 aromatic carbocycles. The average molecular weight is 370 g/mol. The van der Waals surface area contributed by atoms with Gasteiger partial charge in [-0.05, 0) is 37.8 Å². The van der Waals surface area contributed by atoms with Crippen LogP contribution in [0.25, 0.3) is 0 Å². The average Bonchev–Trinajstić information content (AvgIpc) is 3.11. The molecule has 138 valence electrons. The standard InChI is InChI=1S/C16H22N2O6S/c1-11-9-13(18(19)20)10-15(12(11)2)25(21,22)17-6-4-3-5-14(17)16-23-7-8-24-16/h9-10,14,16H,3-8H2,1-2H3/t14-/m1/s1. The molecule has 2 saturated heterocycles. The molecule has 0 spiro atoms. The third-order valence-corrected chi connectivity index (χ3v) is 6.91. The summed E-state index contributed by atoms with van der Waals surface area (Å²) in [4.78, 5) is 10.6. The number of piperidine rings is 1. The number of aryl methyl sites for hydroxylation is 1. The summed E-state index contributed by atoms with van der Waals surface area (Å²) in [7, 11) is -3.89. The van der Waals surface area contributed by atoms with Crippen molar-refractivity contribution in [3.63, 3.8) is 0 Å². The molecule has 25 heavy (non-hydrogen) atoms. The number of sulfonamides is 1. The number of benzene rings is 1. The molecule has 2 aliphatic heterocycles. The first-order valence-corrected chi connectivity index (χ1v) is 9.77. The van der Waals surface area contributed by atoms with E-state index >= 15 is 0 Å². The van der Waals surface area contributed by atoms with Crippen molar-refractivity contribution < 1.29 is 22.8 Å². The molecule has 8 nitrogen and oxygen atoms in total. The quantitative estimate of drug-likeness (QED) is 0.595. The number of nitro benzene ring substituents is 1. The maximum absolute atomic E-state index is 13.3. The zero-order valence-corrected chi connectivity index (χ0v) is 15.1. The lowest BCUT2D eigenvalue weighted by Gasteiger charge is -2.37. The van der Waals surface area contributed by atoms with Gasteiger partial charge in [0.15, 0.2) is 6.29 Å². The Morgan fingerprint density at radius 1 is 1.20 bits per heavy atom. The van der Waals surface area contributed by atoms with Gasteiger partial charge < -0.3 is 9.47 Å². The van der Waals surface area contributed by atoms with Gasteiger partial charge in [0.25, 0.3) is 5.69 Å². The fraction of sp³-hybridized carbons (Fsp3) is 0.625. The van der Waals surface area contributed by atoms with Gasteiger partial charge in [-0.15, -0.1) is 0 Å². The molecule has 0 aromatic heterocycles. The van der Waals surface area contributed by atoms with Crippen LogP contribution in [0, 0.1) is 24.0 Å². The van der Waals surface area contributed by atoms with E-state index in [-0.39, 0.29) is 10.6 Å². The first kappa shape index (κ1) is 18.2. The van der Waals surface area contributed by atoms with Gasteiger partial charge in [0.05, 0.1) is 29.1 Å². The smallest absolute Gasteiger partial charge is 0.271 e. The monoisotopic (exact) mass is 370 g/mol. The van der Waals surface area contributed by atoms with Gasteiger partial charge in [0.2, 0.25) is 10.0 Å². The zero-order chi connectivity index (χ0) is 18.2. The van der Waals surface area contributed by atoms with Crippen molar-refractivity contribution in [3.05, 3.63) is 33.4 Å². The Hall–Kier alpha value is -1.55. The summed E-state index contributed by atoms with van der Waals surface area (Å²) in [6.45, 7) is 4.61. The second-order valence-corrected chi connectivity index (χ2v) is 8.29. The van der Waals surface area contributed by atoms with Crippen molar-refractivity contribution in [2.45, 2.75) is 50.3 Å². The first-order valence-electron chi connectivity index (χ1n) is 8.33. The van der Waals surface area contributed by atoms with E-state index in [1.165, 1.54) is 10.4 Å². The minimum atomic E-state index is -3.89. The summed E-state index contributed by atoms with van der Waals surface area (Å²) >= 11 is 0. The predicted molar refractivity (Wildman–Crippen MR) is 89.8 cm³/mol. The van der Waals surface area contributed by atoms with E-state index in [2.05, 4.69) is 0 Å². The lowest BCUT2D eigenvalue weighted by atomic mass is 10.0. The van der Waals surface area contributed by atoms with Crippen LogP contribution in [-0.4, -0.2) is 49.7 Å². The molecule has 1 atom stereocenters. The Balaban J connectivity index is 2.03. The molecular weight excluding hydrogens is 348 g/mol. The number of nitro groups is 1. The van der Waals surface area contributed by atoms with Gasteiger partial charge in [-0.3, -0.25) is 10.1 Å². The Morgan fingerprint density at radius 3 is 2.52 bits per heavy atom. The second kappa shape index (κ2) is 6.99. The van der Waals surface area contributed by atoms with Crippen LogP contribution < -0.4 is 0 Å². The maximum atomic E-state index is 13.3. The number of ether oxygens (including phenoxy) is 2. The highest BCUT2D eigenvalue weighted by molar-refractivity contribution is 7.89. The highest BCUT2D eigenvalue weighted by atomic mass is 32.2. The molecule has 0 aliphatic carbocycles. The number of nitrogens with zero attached hydrogens (tertiary/aromatic N) is 2. The van der Waals surface area contributed by atoms with Crippen molar-refractivity contribution >= 4 is 15.7 Å². The SMILES string of the molecule is Cc1cc([N+](=O)[O-])cc(S(=O)(=O)N2CCCC[C@@H]2C2OCCO2)c1C. The van der Waals surface area contributed by atoms with E-state index in [4.69, 9.17) is 9.47 Å². The van der Waals surface area contributed by atoms with E-state index < -0.39 is 27.3 Å². The van der Waals surface area contributed by atoms with Gasteiger partial charge in [0, 0.05) is 18.7 Å². The molecule has 0 amide bonds. The van der Waals surface area contributed by atoms with Gasteiger partial charge in [-0.1, -0.05) is 6.42 Å². The van der Waals surface area contributed by atoms with Crippen molar-refractivity contribution in [2.24, 2.45) is 0 Å². The molecule has 0 N–H and O–H groups in total. The van der Waals surface area contributed by atoms with Crippen molar-refractivity contribution in [1.29, 1.82) is 0 Å². The van der Waals surface area contributed by atoms with Gasteiger partial charge in [-0.25, -0.2) is 8.42 Å². The van der Waals surface area contributed by atoms with Crippen LogP contribution in [0.5, 0.6) is 0 Å². The normalized spacial score (nSPS) is 23.0. The van der Waals surface area contributed by atoms with Crippen molar-refractivity contribution in [3.8, 4) is 0 Å². The topological polar surface area (TPSA) is 99.0 Å². The molecule has 0 saturated carbocycles. The minimum Gasteiger partial charge on any atom is -0.349 e. The van der Waals surface area contributed by atoms with Crippen LogP contribution in [0.4, 0.5) is 5.69 Å². The molecule has 9 heteroatoms. The summed E-state index contributed by atoms with van der Waals surface area (Å²) in [6, 6.07) is 2.14. The largest absolute Gasteiger partial charge is 0.349 e. The lowest BCUT2D eigenvalue weighted by molar-refractivity contribution is -0.385. The predicted octanol–water partition coefficient (Wildman–Crippen LogP) is 2.13. The molecule has 0 radical (unpaired) electrons. The summed E-state index contributed by atoms with van der Waals surface area (Å²) < 4.78 is 39.1. The molecule has 2 aliphatic rings. The van der Waals surface area contributed by atoms with Crippen LogP contribution in [0.3, 0.4) is 0 Å². The highest BCUT2D eigenvalue weighted by Gasteiger charge is 2.41. The Kier molecular flexibility index (Phi) is 5.10. The highest BCUT2D eigenvalue weighted by Crippen LogP contribution is 2.33. The molecule has 0 bridgehead atoms. The summed E-state index contributed by atoms with van der Waals surface area (Å²) in [5.41, 5.74) is 0.890. The first-order chi connectivity index (χ1) is 11.8. The number of non-ortho nitro benzene ring substituents is 1. The number of hydrogen-bond donors (Lipinski definition) is 0. The fourth-order valence-electron chi connectivity index (χ4n) is 3.41. The van der Waals surface area contributed by atoms with E-state index in [9.17, 15) is 18.5 Å². The van der Waals surface area contributed by atoms with E-state index in [0.717, 1.165) is 18.9 Å². The molecule has 3 rings (SSSR count). The van der Waals surface area contributed by atoms with E-state index in [1.807, 2.05) is 0 Å². The molecule has 0 unspecified atom stereocenters. The third-order valence-electron chi connectivity index (χ3n) is 4.86. The molecular formula is C16H22N2O6S. The van der Waals surface area contributed by atoms with Crippen LogP contribution in [0.1, 0.15) is 30.4 Å². The third kappa shape index (κ3) is 3.41. The lowest BCUT2D eigenvalue weighted by Crippen LogP contribution is -2.50. The van der Waals surface area contributed by atoms with Crippen LogP contribution >= 0.6 is 0 Å². The Morgan fingerprint density at radius 2 is 1.88 bits per heavy atom. The maximum Gasteiger partial charge on any atom is 0.271 e. The van der Waals surface area contributed by atoms with Crippen molar-refractivity contribution in [2.75, 3.05) is 19.8 Å². The van der Waals surface area contributed by atoms with Gasteiger partial charge in [0.1, 0.15) is 0 Å². The van der Waals surface area contributed by atoms with Gasteiger partial charge in [-0.2, -0.15) is 4.31 Å². The minimum absolute atomic E-state index is 0.0101. The Bertz CT molecular complexity index is 773. The second-order valence-electron chi connectivity index (χ2n) is 6.43. The summed E-state index contributed by atoms with van der Waals surface area (Å²) in [5, 5.41) is 11.2. The van der Waals surface area contributed by atoms with Crippen LogP contribution in [0.2, 0.25) is 0 Å². The molecule has 1 aromatic rings. The zero-order valence-electron chi connectivity index (χ0n) is 14.3. The van der Waals surface area contributed by atoms with Crippen molar-refractivity contribution in [1.82, 2.24) is 4.31 Å². The van der Waals surface area contributed by atoms with Crippen LogP contribution in [-0.2, 0) is 19.5 Å². The number of hydrogen-bond acceptors (Lipinski definition) is 6. The van der Waals surface area contributed by atoms with E-state index in [0.29, 0.717) is 37.3 Å². The fourth-order valence-corrected chi connectivity index (χ4v) is 5.41. The van der Waals surface area contributed by atoms with Crippen LogP contribution in [0.15, 0.2) is 17.0 Å². The molecule has 2 heterocycles. The van der Waals surface area contributed by atoms with Gasteiger partial charge >= 0.3 is 0 Å².